The molecule has 2 aromatic rings. The molecule has 0 aromatic carbocycles. The molecule has 1 unspecified atom stereocenters. The van der Waals surface area contributed by atoms with Gasteiger partial charge in [0.05, 0.1) is 0 Å². The zero-order chi connectivity index (χ0) is 17.4. The minimum absolute atomic E-state index is 0.146. The Morgan fingerprint density at radius 1 is 1.32 bits per heavy atom. The Kier molecular flexibility index (Phi) is 4.25. The molecule has 3 heterocycles. The topological polar surface area (TPSA) is 65.2 Å². The van der Waals surface area contributed by atoms with Crippen molar-refractivity contribution < 1.29 is 4.79 Å². The van der Waals surface area contributed by atoms with E-state index in [9.17, 15) is 9.59 Å². The first-order chi connectivity index (χ1) is 12.1. The van der Waals surface area contributed by atoms with Gasteiger partial charge in [0.2, 0.25) is 0 Å². The van der Waals surface area contributed by atoms with Crippen molar-refractivity contribution in [3.63, 3.8) is 0 Å². The number of carbonyl (C=O) groups is 1. The number of nitrogens with zero attached hydrogens (tertiary/aromatic N) is 1. The van der Waals surface area contributed by atoms with Gasteiger partial charge in [-0.1, -0.05) is 0 Å². The summed E-state index contributed by atoms with van der Waals surface area (Å²) in [6.45, 7) is 4.43. The lowest BCUT2D eigenvalue weighted by Crippen LogP contribution is -2.40. The van der Waals surface area contributed by atoms with Crippen molar-refractivity contribution in [2.75, 3.05) is 13.1 Å². The van der Waals surface area contributed by atoms with Crippen molar-refractivity contribution in [2.45, 2.75) is 38.8 Å². The molecule has 0 bridgehead atoms. The molecule has 2 aliphatic rings. The summed E-state index contributed by atoms with van der Waals surface area (Å²) in [5, 5.41) is 7.52. The number of hydrogen-bond acceptors (Lipinski definition) is 4. The molecule has 1 saturated carbocycles. The van der Waals surface area contributed by atoms with Crippen LogP contribution in [0.3, 0.4) is 0 Å². The van der Waals surface area contributed by atoms with Gasteiger partial charge in [-0.2, -0.15) is 11.3 Å². The predicted molar refractivity (Wildman–Crippen MR) is 98.9 cm³/mol. The van der Waals surface area contributed by atoms with E-state index in [2.05, 4.69) is 21.7 Å². The molecule has 25 heavy (non-hydrogen) atoms. The summed E-state index contributed by atoms with van der Waals surface area (Å²) in [6, 6.07) is 5.75. The molecule has 2 N–H and O–H groups in total. The zero-order valence-corrected chi connectivity index (χ0v) is 15.2. The van der Waals surface area contributed by atoms with Crippen molar-refractivity contribution >= 4 is 17.2 Å². The molecule has 5 nitrogen and oxygen atoms in total. The minimum atomic E-state index is -0.291. The van der Waals surface area contributed by atoms with Crippen LogP contribution in [-0.4, -0.2) is 34.9 Å². The molecule has 132 valence electrons. The molecule has 1 aliphatic heterocycles. The average molecular weight is 357 g/mol. The molecule has 1 saturated heterocycles. The van der Waals surface area contributed by atoms with Crippen molar-refractivity contribution in [2.24, 2.45) is 5.41 Å². The maximum atomic E-state index is 13.2. The molecule has 2 fully saturated rings. The van der Waals surface area contributed by atoms with Gasteiger partial charge >= 0.3 is 0 Å². The van der Waals surface area contributed by atoms with Crippen LogP contribution in [0.25, 0.3) is 0 Å². The Morgan fingerprint density at radius 2 is 2.12 bits per heavy atom. The van der Waals surface area contributed by atoms with Crippen LogP contribution < -0.4 is 10.9 Å². The van der Waals surface area contributed by atoms with Gasteiger partial charge in [0.15, 0.2) is 0 Å². The van der Waals surface area contributed by atoms with Crippen LogP contribution in [0.1, 0.15) is 40.9 Å². The first kappa shape index (κ1) is 16.5. The van der Waals surface area contributed by atoms with E-state index >= 15 is 0 Å². The highest BCUT2D eigenvalue weighted by Gasteiger charge is 2.57. The fourth-order valence-corrected chi connectivity index (χ4v) is 4.69. The Hall–Kier alpha value is -1.92. The SMILES string of the molecule is Cc1ccc(C(=O)N(Cc2ccsc2)C2CC23CCNCC3)c(=O)[nH]1. The van der Waals surface area contributed by atoms with Crippen LogP contribution in [-0.2, 0) is 6.54 Å². The third kappa shape index (κ3) is 3.16. The van der Waals surface area contributed by atoms with Gasteiger partial charge in [-0.15, -0.1) is 0 Å². The van der Waals surface area contributed by atoms with Crippen LogP contribution in [0.2, 0.25) is 0 Å². The lowest BCUT2D eigenvalue weighted by Gasteiger charge is -2.29. The van der Waals surface area contributed by atoms with Crippen molar-refractivity contribution in [1.29, 1.82) is 0 Å². The molecule has 6 heteroatoms. The average Bonchev–Trinajstić information content (AvgIpc) is 3.04. The van der Waals surface area contributed by atoms with Gasteiger partial charge in [0, 0.05) is 18.3 Å². The Labute approximate surface area is 151 Å². The van der Waals surface area contributed by atoms with E-state index < -0.39 is 0 Å². The first-order valence-electron chi connectivity index (χ1n) is 8.82. The molecular weight excluding hydrogens is 334 g/mol. The lowest BCUT2D eigenvalue weighted by atomic mass is 9.93. The minimum Gasteiger partial charge on any atom is -0.331 e. The second-order valence-corrected chi connectivity index (χ2v) is 8.06. The molecule has 0 radical (unpaired) electrons. The number of pyridine rings is 1. The van der Waals surface area contributed by atoms with Gasteiger partial charge in [-0.3, -0.25) is 9.59 Å². The number of aromatic amines is 1. The third-order valence-electron chi connectivity index (χ3n) is 5.60. The number of H-pyrrole nitrogens is 1. The number of rotatable bonds is 4. The molecule has 1 aliphatic carbocycles. The third-order valence-corrected chi connectivity index (χ3v) is 6.33. The van der Waals surface area contributed by atoms with Crippen molar-refractivity contribution in [3.8, 4) is 0 Å². The van der Waals surface area contributed by atoms with Crippen LogP contribution in [0.5, 0.6) is 0 Å². The fourth-order valence-electron chi connectivity index (χ4n) is 4.03. The molecule has 1 amide bonds. The van der Waals surface area contributed by atoms with E-state index in [1.54, 1.807) is 23.5 Å². The maximum absolute atomic E-state index is 13.2. The monoisotopic (exact) mass is 357 g/mol. The van der Waals surface area contributed by atoms with Crippen LogP contribution in [0.4, 0.5) is 0 Å². The Morgan fingerprint density at radius 3 is 2.80 bits per heavy atom. The highest BCUT2D eigenvalue weighted by Crippen LogP contribution is 2.56. The predicted octanol–water partition coefficient (Wildman–Crippen LogP) is 2.53. The van der Waals surface area contributed by atoms with Gasteiger partial charge in [-0.25, -0.2) is 0 Å². The summed E-state index contributed by atoms with van der Waals surface area (Å²) in [7, 11) is 0. The van der Waals surface area contributed by atoms with E-state index in [0.29, 0.717) is 6.54 Å². The normalized spacial score (nSPS) is 21.2. The molecular formula is C19H23N3O2S. The van der Waals surface area contributed by atoms with E-state index in [1.165, 1.54) is 0 Å². The number of piperidine rings is 1. The van der Waals surface area contributed by atoms with Crippen LogP contribution >= 0.6 is 11.3 Å². The number of hydrogen-bond donors (Lipinski definition) is 2. The number of thiophene rings is 1. The van der Waals surface area contributed by atoms with Crippen LogP contribution in [0, 0.1) is 12.3 Å². The molecule has 1 spiro atoms. The highest BCUT2D eigenvalue weighted by molar-refractivity contribution is 7.07. The lowest BCUT2D eigenvalue weighted by molar-refractivity contribution is 0.0690. The molecule has 1 atom stereocenters. The van der Waals surface area contributed by atoms with E-state index in [0.717, 1.165) is 43.6 Å². The van der Waals surface area contributed by atoms with Crippen LogP contribution in [0.15, 0.2) is 33.8 Å². The summed E-state index contributed by atoms with van der Waals surface area (Å²) >= 11 is 1.64. The van der Waals surface area contributed by atoms with Gasteiger partial charge in [0.25, 0.3) is 11.5 Å². The number of aryl methyl sites for hydroxylation is 1. The summed E-state index contributed by atoms with van der Waals surface area (Å²) in [6.07, 6.45) is 3.26. The second kappa shape index (κ2) is 6.42. The molecule has 4 rings (SSSR count). The first-order valence-corrected chi connectivity index (χ1v) is 9.76. The smallest absolute Gasteiger partial charge is 0.260 e. The Balaban J connectivity index is 1.63. The molecule has 2 aromatic heterocycles. The standard InChI is InChI=1S/C19H23N3O2S/c1-13-2-3-15(17(23)21-13)18(24)22(11-14-4-9-25-12-14)16-10-19(16)5-7-20-8-6-19/h2-4,9,12,16,20H,5-8,10-11H2,1H3,(H,21,23). The maximum Gasteiger partial charge on any atom is 0.260 e. The van der Waals surface area contributed by atoms with E-state index in [1.807, 2.05) is 17.2 Å². The van der Waals surface area contributed by atoms with E-state index in [4.69, 9.17) is 0 Å². The summed E-state index contributed by atoms with van der Waals surface area (Å²) in [5.41, 5.74) is 2.11. The summed E-state index contributed by atoms with van der Waals surface area (Å²) in [5.74, 6) is -0.146. The number of carbonyl (C=O) groups excluding carboxylic acids is 1. The van der Waals surface area contributed by atoms with Crippen molar-refractivity contribution in [1.82, 2.24) is 15.2 Å². The van der Waals surface area contributed by atoms with Gasteiger partial charge < -0.3 is 15.2 Å². The van der Waals surface area contributed by atoms with Gasteiger partial charge in [-0.05, 0) is 79.2 Å². The second-order valence-electron chi connectivity index (χ2n) is 7.28. The number of amides is 1. The van der Waals surface area contributed by atoms with Gasteiger partial charge in [0.1, 0.15) is 5.56 Å². The summed E-state index contributed by atoms with van der Waals surface area (Å²) < 4.78 is 0. The quantitative estimate of drug-likeness (QED) is 0.884. The fraction of sp³-hybridized carbons (Fsp3) is 0.474. The highest BCUT2D eigenvalue weighted by atomic mass is 32.1. The van der Waals surface area contributed by atoms with Crippen molar-refractivity contribution in [3.05, 3.63) is 56.1 Å². The van der Waals surface area contributed by atoms with E-state index in [-0.39, 0.29) is 28.5 Å². The largest absolute Gasteiger partial charge is 0.331 e. The summed E-state index contributed by atoms with van der Waals surface area (Å²) in [4.78, 5) is 30.2. The zero-order valence-electron chi connectivity index (χ0n) is 14.4. The number of aromatic nitrogens is 1. The number of nitrogens with one attached hydrogen (secondary N) is 2. The Bertz CT molecular complexity index is 821.